The quantitative estimate of drug-likeness (QED) is 0.784. The van der Waals surface area contributed by atoms with Crippen LogP contribution in [0.25, 0.3) is 0 Å². The van der Waals surface area contributed by atoms with E-state index in [-0.39, 0.29) is 7.33 Å². The Morgan fingerprint density at radius 1 is 0.857 bits per heavy atom. The van der Waals surface area contributed by atoms with E-state index in [4.69, 9.17) is 0 Å². The molecule has 0 heterocycles. The fourth-order valence-electron chi connectivity index (χ4n) is 1.65. The maximum atomic E-state index is 11.7. The lowest BCUT2D eigenvalue weighted by molar-refractivity contribution is -0.116. The Balaban J connectivity index is 0. The van der Waals surface area contributed by atoms with Gasteiger partial charge in [0.15, 0.2) is 0 Å². The van der Waals surface area contributed by atoms with Crippen LogP contribution in [0.15, 0.2) is 60.7 Å². The van der Waals surface area contributed by atoms with Gasteiger partial charge in [0.1, 0.15) is 0 Å². The van der Waals surface area contributed by atoms with Crippen LogP contribution in [0.5, 0.6) is 0 Å². The molecule has 0 saturated heterocycles. The lowest BCUT2D eigenvalue weighted by Gasteiger charge is -2.04. The van der Waals surface area contributed by atoms with Crippen LogP contribution in [0.4, 0.5) is 5.69 Å². The highest BCUT2D eigenvalue weighted by atomic mass is 16.1. The lowest BCUT2D eigenvalue weighted by atomic mass is 10.1. The summed E-state index contributed by atoms with van der Waals surface area (Å²) < 4.78 is 0. The van der Waals surface area contributed by atoms with E-state index in [0.29, 0.717) is 6.42 Å². The van der Waals surface area contributed by atoms with E-state index in [0.717, 1.165) is 12.1 Å². The molecule has 2 nitrogen and oxygen atoms in total. The molecule has 1 N–H and O–H groups in total. The summed E-state index contributed by atoms with van der Waals surface area (Å²) in [5.41, 5.74) is 2.04. The van der Waals surface area contributed by atoms with E-state index in [1.54, 1.807) is 0 Å². The Kier molecular flexibility index (Phi) is 11.6. The van der Waals surface area contributed by atoms with Crippen molar-refractivity contribution in [2.24, 2.45) is 0 Å². The molecule has 0 aliphatic carbocycles. The summed E-state index contributed by atoms with van der Waals surface area (Å²) in [7, 11) is 0. The Morgan fingerprint density at radius 2 is 1.33 bits per heavy atom. The fraction of sp³-hybridized carbons (Fsp3) is 0.316. The minimum absolute atomic E-state index is 0. The molecule has 2 heteroatoms. The monoisotopic (exact) mass is 287 g/mol. The van der Waals surface area contributed by atoms with Crippen molar-refractivity contribution in [2.45, 2.75) is 40.5 Å². The molecule has 0 aliphatic rings. The maximum Gasteiger partial charge on any atom is 0.224 e. The molecule has 0 aliphatic heterocycles. The topological polar surface area (TPSA) is 29.1 Å². The van der Waals surface area contributed by atoms with E-state index >= 15 is 0 Å². The fourth-order valence-corrected chi connectivity index (χ4v) is 1.65. The zero-order chi connectivity index (χ0) is 15.9. The molecule has 0 atom stereocenters. The van der Waals surface area contributed by atoms with Gasteiger partial charge >= 0.3 is 0 Å². The van der Waals surface area contributed by atoms with Gasteiger partial charge in [-0.25, -0.2) is 0 Å². The number of benzene rings is 2. The Morgan fingerprint density at radius 3 is 1.86 bits per heavy atom. The van der Waals surface area contributed by atoms with Gasteiger partial charge in [-0.2, -0.15) is 0 Å². The van der Waals surface area contributed by atoms with Crippen molar-refractivity contribution in [1.82, 2.24) is 0 Å². The van der Waals surface area contributed by atoms with Crippen molar-refractivity contribution in [2.75, 3.05) is 5.32 Å². The third-order valence-electron chi connectivity index (χ3n) is 2.54. The largest absolute Gasteiger partial charge is 0.326 e. The summed E-state index contributed by atoms with van der Waals surface area (Å²) in [4.78, 5) is 11.7. The molecule has 0 unspecified atom stereocenters. The molecular formula is C19H29NO. The number of hydrogen-bond donors (Lipinski definition) is 1. The van der Waals surface area contributed by atoms with Crippen molar-refractivity contribution in [1.29, 1.82) is 0 Å². The highest BCUT2D eigenvalue weighted by Gasteiger charge is 2.02. The van der Waals surface area contributed by atoms with E-state index in [9.17, 15) is 4.79 Å². The van der Waals surface area contributed by atoms with Gasteiger partial charge in [-0.15, -0.1) is 0 Å². The average molecular weight is 287 g/mol. The van der Waals surface area contributed by atoms with Crippen molar-refractivity contribution in [3.05, 3.63) is 66.2 Å². The number of carbonyl (C=O) groups is 1. The van der Waals surface area contributed by atoms with Gasteiger partial charge in [-0.1, -0.05) is 76.2 Å². The number of para-hydroxylation sites is 1. The second kappa shape index (κ2) is 12.9. The smallest absolute Gasteiger partial charge is 0.224 e. The van der Waals surface area contributed by atoms with Crippen LogP contribution < -0.4 is 5.32 Å². The zero-order valence-corrected chi connectivity index (χ0v) is 13.6. The normalized spacial score (nSPS) is 8.57. The van der Waals surface area contributed by atoms with Crippen LogP contribution in [0.1, 0.15) is 41.1 Å². The Bertz CT molecular complexity index is 471. The molecule has 2 aromatic rings. The van der Waals surface area contributed by atoms with Gasteiger partial charge < -0.3 is 5.32 Å². The van der Waals surface area contributed by atoms with Crippen molar-refractivity contribution < 1.29 is 6.22 Å². The summed E-state index contributed by atoms with van der Waals surface area (Å²) in [5.74, 6) is 0.0556. The minimum Gasteiger partial charge on any atom is -0.326 e. The van der Waals surface area contributed by atoms with Crippen LogP contribution >= 0.6 is 0 Å². The average Bonchev–Trinajstić information content (AvgIpc) is 2.58. The SMILES string of the molecule is CC.CC.O=C(CCc1ccccc1)Nc1ccccc1.[HH]. The molecule has 0 bridgehead atoms. The molecule has 21 heavy (non-hydrogen) atoms. The number of amides is 1. The molecule has 2 rings (SSSR count). The van der Waals surface area contributed by atoms with Crippen molar-refractivity contribution in [3.63, 3.8) is 0 Å². The highest BCUT2D eigenvalue weighted by molar-refractivity contribution is 5.90. The minimum atomic E-state index is 0. The summed E-state index contributed by atoms with van der Waals surface area (Å²) in [6.45, 7) is 8.00. The predicted octanol–water partition coefficient (Wildman–Crippen LogP) is 5.56. The summed E-state index contributed by atoms with van der Waals surface area (Å²) in [6.07, 6.45) is 1.29. The van der Waals surface area contributed by atoms with Gasteiger partial charge in [-0.3, -0.25) is 4.79 Å². The first kappa shape index (κ1) is 18.9. The number of aryl methyl sites for hydroxylation is 1. The van der Waals surface area contributed by atoms with Crippen LogP contribution in [0, 0.1) is 0 Å². The number of nitrogens with one attached hydrogen (secondary N) is 1. The number of rotatable bonds is 4. The predicted molar refractivity (Wildman–Crippen MR) is 94.6 cm³/mol. The molecule has 0 aromatic heterocycles. The first-order valence-electron chi connectivity index (χ1n) is 7.73. The summed E-state index contributed by atoms with van der Waals surface area (Å²) in [5, 5.41) is 2.87. The number of anilines is 1. The van der Waals surface area contributed by atoms with Crippen LogP contribution in [0.2, 0.25) is 0 Å². The lowest BCUT2D eigenvalue weighted by Crippen LogP contribution is -2.12. The van der Waals surface area contributed by atoms with E-state index in [1.807, 2.05) is 88.4 Å². The Hall–Kier alpha value is -2.09. The second-order valence-electron chi connectivity index (χ2n) is 3.90. The third kappa shape index (κ3) is 8.64. The first-order chi connectivity index (χ1) is 10.3. The van der Waals surface area contributed by atoms with Crippen molar-refractivity contribution in [3.8, 4) is 0 Å². The molecule has 116 valence electrons. The molecule has 0 fully saturated rings. The summed E-state index contributed by atoms with van der Waals surface area (Å²) in [6, 6.07) is 19.6. The standard InChI is InChI=1S/C15H15NO.2C2H6.H2/c17-15(16-14-9-5-2-6-10-14)12-11-13-7-3-1-4-8-13;2*1-2;/h1-10H,11-12H2,(H,16,17);2*1-2H3;1H. The van der Waals surface area contributed by atoms with Crippen LogP contribution in [-0.4, -0.2) is 5.91 Å². The molecule has 0 radical (unpaired) electrons. The number of hydrogen-bond acceptors (Lipinski definition) is 1. The molecule has 0 spiro atoms. The van der Waals surface area contributed by atoms with Gasteiger partial charge in [-0.05, 0) is 24.1 Å². The molecule has 2 aromatic carbocycles. The van der Waals surface area contributed by atoms with Crippen LogP contribution in [0.3, 0.4) is 0 Å². The molecular weight excluding hydrogens is 258 g/mol. The second-order valence-corrected chi connectivity index (χ2v) is 3.90. The van der Waals surface area contributed by atoms with Crippen LogP contribution in [-0.2, 0) is 11.2 Å². The van der Waals surface area contributed by atoms with Gasteiger partial charge in [0.2, 0.25) is 5.91 Å². The van der Waals surface area contributed by atoms with Gasteiger partial charge in [0, 0.05) is 13.5 Å². The first-order valence-corrected chi connectivity index (χ1v) is 7.73. The van der Waals surface area contributed by atoms with E-state index in [1.165, 1.54) is 5.56 Å². The van der Waals surface area contributed by atoms with Gasteiger partial charge in [0.25, 0.3) is 0 Å². The molecule has 0 saturated carbocycles. The third-order valence-corrected chi connectivity index (χ3v) is 2.54. The zero-order valence-electron chi connectivity index (χ0n) is 13.6. The van der Waals surface area contributed by atoms with E-state index < -0.39 is 0 Å². The Labute approximate surface area is 130 Å². The summed E-state index contributed by atoms with van der Waals surface area (Å²) >= 11 is 0. The van der Waals surface area contributed by atoms with E-state index in [2.05, 4.69) is 5.32 Å². The van der Waals surface area contributed by atoms with Crippen molar-refractivity contribution >= 4 is 11.6 Å². The number of carbonyl (C=O) groups excluding carboxylic acids is 1. The molecule has 1 amide bonds. The highest BCUT2D eigenvalue weighted by Crippen LogP contribution is 2.07. The van der Waals surface area contributed by atoms with Gasteiger partial charge in [0.05, 0.1) is 0 Å². The maximum absolute atomic E-state index is 11.7.